The minimum absolute atomic E-state index is 0.0941. The van der Waals surface area contributed by atoms with Gasteiger partial charge in [0.2, 0.25) is 5.91 Å². The Hall–Kier alpha value is -2.77. The fourth-order valence-corrected chi connectivity index (χ4v) is 4.99. The number of para-hydroxylation sites is 1. The number of anilines is 1. The van der Waals surface area contributed by atoms with Crippen molar-refractivity contribution in [1.82, 2.24) is 14.9 Å². The maximum absolute atomic E-state index is 12.8. The number of hydrogen-bond donors (Lipinski definition) is 1. The third-order valence-electron chi connectivity index (χ3n) is 4.95. The fourth-order valence-electron chi connectivity index (χ4n) is 3.46. The maximum Gasteiger partial charge on any atom is 0.242 e. The first-order chi connectivity index (χ1) is 13.8. The Morgan fingerprint density at radius 1 is 1.14 bits per heavy atom. The highest BCUT2D eigenvalue weighted by Gasteiger charge is 2.21. The molecular weight excluding hydrogens is 388 g/mol. The summed E-state index contributed by atoms with van der Waals surface area (Å²) in [6, 6.07) is 12.0. The Balaban J connectivity index is 1.38. The molecule has 5 nitrogen and oxygen atoms in total. The van der Waals surface area contributed by atoms with Crippen LogP contribution in [-0.4, -0.2) is 33.9 Å². The Bertz CT molecular complexity index is 1140. The van der Waals surface area contributed by atoms with Crippen LogP contribution in [0, 0.1) is 0 Å². The number of nitrogens with one attached hydrogen (secondary N) is 1. The van der Waals surface area contributed by atoms with Crippen molar-refractivity contribution in [3.05, 3.63) is 63.0 Å². The van der Waals surface area contributed by atoms with Crippen molar-refractivity contribution >= 4 is 45.3 Å². The van der Waals surface area contributed by atoms with Crippen molar-refractivity contribution in [2.75, 3.05) is 18.4 Å². The second-order valence-corrected chi connectivity index (χ2v) is 8.49. The molecule has 0 unspecified atom stereocenters. The van der Waals surface area contributed by atoms with Crippen LogP contribution in [0.2, 0.25) is 0 Å². The van der Waals surface area contributed by atoms with E-state index in [4.69, 9.17) is 4.98 Å². The maximum atomic E-state index is 12.8. The summed E-state index contributed by atoms with van der Waals surface area (Å²) in [7, 11) is 0. The van der Waals surface area contributed by atoms with E-state index in [0.717, 1.165) is 29.4 Å². The lowest BCUT2D eigenvalue weighted by atomic mass is 10.1. The van der Waals surface area contributed by atoms with E-state index >= 15 is 0 Å². The molecule has 1 aromatic carbocycles. The summed E-state index contributed by atoms with van der Waals surface area (Å²) in [6.45, 7) is 1.70. The molecule has 7 heteroatoms. The molecule has 4 heterocycles. The molecule has 1 aliphatic rings. The zero-order valence-electron chi connectivity index (χ0n) is 15.1. The van der Waals surface area contributed by atoms with Crippen LogP contribution in [0.5, 0.6) is 0 Å². The first-order valence-corrected chi connectivity index (χ1v) is 11.0. The molecule has 0 atom stereocenters. The third kappa shape index (κ3) is 3.27. The van der Waals surface area contributed by atoms with Gasteiger partial charge in [0.15, 0.2) is 5.82 Å². The predicted molar refractivity (Wildman–Crippen MR) is 115 cm³/mol. The van der Waals surface area contributed by atoms with E-state index in [1.54, 1.807) is 22.7 Å². The Morgan fingerprint density at radius 3 is 2.96 bits per heavy atom. The molecule has 0 radical (unpaired) electrons. The van der Waals surface area contributed by atoms with Gasteiger partial charge in [-0.1, -0.05) is 12.1 Å². The summed E-state index contributed by atoms with van der Waals surface area (Å²) in [6.07, 6.45) is 0.942. The smallest absolute Gasteiger partial charge is 0.242 e. The summed E-state index contributed by atoms with van der Waals surface area (Å²) in [4.78, 5) is 25.5. The fraction of sp³-hybridized carbons (Fsp3) is 0.190. The largest absolute Gasteiger partial charge is 0.360 e. The minimum atomic E-state index is 0.0941. The Labute approximate surface area is 170 Å². The van der Waals surface area contributed by atoms with Gasteiger partial charge in [-0.05, 0) is 47.0 Å². The first kappa shape index (κ1) is 17.3. The zero-order chi connectivity index (χ0) is 18.9. The van der Waals surface area contributed by atoms with Crippen molar-refractivity contribution in [2.24, 2.45) is 0 Å². The number of thiophene rings is 2. The summed E-state index contributed by atoms with van der Waals surface area (Å²) in [5, 5.41) is 10.3. The third-order valence-corrected chi connectivity index (χ3v) is 6.66. The number of rotatable bonds is 4. The molecule has 0 bridgehead atoms. The van der Waals surface area contributed by atoms with Crippen LogP contribution in [0.25, 0.3) is 22.3 Å². The molecule has 0 saturated heterocycles. The second kappa shape index (κ2) is 7.33. The molecular formula is C21H18N4OS2. The lowest BCUT2D eigenvalue weighted by molar-refractivity contribution is -0.130. The van der Waals surface area contributed by atoms with Crippen molar-refractivity contribution in [2.45, 2.75) is 13.0 Å². The molecule has 0 spiro atoms. The van der Waals surface area contributed by atoms with Crippen LogP contribution in [0.3, 0.4) is 0 Å². The van der Waals surface area contributed by atoms with E-state index in [2.05, 4.69) is 21.7 Å². The second-order valence-electron chi connectivity index (χ2n) is 6.71. The number of aromatic nitrogens is 2. The van der Waals surface area contributed by atoms with Crippen molar-refractivity contribution in [1.29, 1.82) is 0 Å². The van der Waals surface area contributed by atoms with Gasteiger partial charge in [-0.25, -0.2) is 9.97 Å². The van der Waals surface area contributed by atoms with Gasteiger partial charge in [-0.3, -0.25) is 4.79 Å². The normalized spacial score (nSPS) is 13.5. The summed E-state index contributed by atoms with van der Waals surface area (Å²) in [5.74, 6) is 1.47. The number of nitrogens with zero attached hydrogens (tertiary/aromatic N) is 3. The zero-order valence-corrected chi connectivity index (χ0v) is 16.7. The monoisotopic (exact) mass is 406 g/mol. The highest BCUT2D eigenvalue weighted by molar-refractivity contribution is 7.10. The van der Waals surface area contributed by atoms with Gasteiger partial charge in [-0.15, -0.1) is 11.3 Å². The first-order valence-electron chi connectivity index (χ1n) is 9.14. The van der Waals surface area contributed by atoms with E-state index in [-0.39, 0.29) is 12.5 Å². The number of fused-ring (bicyclic) bond motifs is 2. The molecule has 0 saturated carbocycles. The molecule has 3 aromatic heterocycles. The highest BCUT2D eigenvalue weighted by atomic mass is 32.1. The Morgan fingerprint density at radius 2 is 2.07 bits per heavy atom. The van der Waals surface area contributed by atoms with Crippen LogP contribution in [-0.2, 0) is 17.8 Å². The van der Waals surface area contributed by atoms with Crippen LogP contribution < -0.4 is 5.32 Å². The molecule has 0 aliphatic carbocycles. The highest BCUT2D eigenvalue weighted by Crippen LogP contribution is 2.27. The van der Waals surface area contributed by atoms with E-state index in [1.807, 2.05) is 46.0 Å². The molecule has 1 N–H and O–H groups in total. The molecule has 0 fully saturated rings. The van der Waals surface area contributed by atoms with E-state index in [9.17, 15) is 4.79 Å². The molecule has 140 valence electrons. The Kier molecular flexibility index (Phi) is 4.54. The average Bonchev–Trinajstić information content (AvgIpc) is 3.42. The summed E-state index contributed by atoms with van der Waals surface area (Å²) >= 11 is 3.40. The van der Waals surface area contributed by atoms with Gasteiger partial charge >= 0.3 is 0 Å². The number of carbonyl (C=O) groups is 1. The van der Waals surface area contributed by atoms with Crippen molar-refractivity contribution in [3.8, 4) is 11.4 Å². The molecule has 5 rings (SSSR count). The van der Waals surface area contributed by atoms with Gasteiger partial charge in [0.05, 0.1) is 12.1 Å². The van der Waals surface area contributed by atoms with Crippen LogP contribution in [0.4, 0.5) is 5.82 Å². The molecule has 4 aromatic rings. The van der Waals surface area contributed by atoms with Crippen molar-refractivity contribution < 1.29 is 4.79 Å². The SMILES string of the molecule is O=C(CNc1nc(-c2ccsc2)nc2ccccc12)N1CCc2sccc2C1. The van der Waals surface area contributed by atoms with Gasteiger partial charge in [0.25, 0.3) is 0 Å². The van der Waals surface area contributed by atoms with E-state index in [1.165, 1.54) is 10.4 Å². The van der Waals surface area contributed by atoms with Crippen LogP contribution in [0.15, 0.2) is 52.5 Å². The quantitative estimate of drug-likeness (QED) is 0.545. The topological polar surface area (TPSA) is 58.1 Å². The van der Waals surface area contributed by atoms with Gasteiger partial charge < -0.3 is 10.2 Å². The lowest BCUT2D eigenvalue weighted by Crippen LogP contribution is -2.38. The molecule has 1 aliphatic heterocycles. The van der Waals surface area contributed by atoms with Crippen molar-refractivity contribution in [3.63, 3.8) is 0 Å². The number of hydrogen-bond acceptors (Lipinski definition) is 6. The predicted octanol–water partition coefficient (Wildman–Crippen LogP) is 4.42. The van der Waals surface area contributed by atoms with Gasteiger partial charge in [-0.2, -0.15) is 11.3 Å². The molecule has 1 amide bonds. The summed E-state index contributed by atoms with van der Waals surface area (Å²) in [5.41, 5.74) is 3.14. The van der Waals surface area contributed by atoms with E-state index < -0.39 is 0 Å². The lowest BCUT2D eigenvalue weighted by Gasteiger charge is -2.27. The minimum Gasteiger partial charge on any atom is -0.360 e. The van der Waals surface area contributed by atoms with Gasteiger partial charge in [0.1, 0.15) is 5.82 Å². The molecule has 28 heavy (non-hydrogen) atoms. The summed E-state index contributed by atoms with van der Waals surface area (Å²) < 4.78 is 0. The average molecular weight is 407 g/mol. The number of benzene rings is 1. The van der Waals surface area contributed by atoms with Crippen LogP contribution >= 0.6 is 22.7 Å². The van der Waals surface area contributed by atoms with Gasteiger partial charge in [0, 0.05) is 34.3 Å². The number of amides is 1. The standard InChI is InChI=1S/C21H18N4OS2/c26-19(25-8-5-18-14(12-25)7-10-28-18)11-22-21-16-3-1-2-4-17(16)23-20(24-21)15-6-9-27-13-15/h1-4,6-7,9-10,13H,5,8,11-12H2,(H,22,23,24). The van der Waals surface area contributed by atoms with Crippen LogP contribution in [0.1, 0.15) is 10.4 Å². The number of carbonyl (C=O) groups excluding carboxylic acids is 1. The van der Waals surface area contributed by atoms with E-state index in [0.29, 0.717) is 18.2 Å².